The molecule has 3 rings (SSSR count). The Balaban J connectivity index is 1.51. The second kappa shape index (κ2) is 7.94. The maximum absolute atomic E-state index is 12.3. The number of nitrogens with zero attached hydrogens (tertiary/aromatic N) is 5. The number of nitriles is 1. The maximum Gasteiger partial charge on any atom is 0.317 e. The second-order valence-electron chi connectivity index (χ2n) is 5.71. The second-order valence-corrected chi connectivity index (χ2v) is 6.65. The highest BCUT2D eigenvalue weighted by Crippen LogP contribution is 2.18. The molecule has 1 N–H and O–H groups in total. The van der Waals surface area contributed by atoms with E-state index in [4.69, 9.17) is 0 Å². The highest BCUT2D eigenvalue weighted by molar-refractivity contribution is 7.09. The van der Waals surface area contributed by atoms with Gasteiger partial charge in [-0.05, 0) is 18.6 Å². The molecule has 130 valence electrons. The van der Waals surface area contributed by atoms with Crippen LogP contribution in [-0.2, 0) is 13.0 Å². The van der Waals surface area contributed by atoms with Gasteiger partial charge in [0, 0.05) is 37.8 Å². The summed E-state index contributed by atoms with van der Waals surface area (Å²) in [5.74, 6) is 0.694. The molecule has 0 saturated carbocycles. The Labute approximate surface area is 150 Å². The van der Waals surface area contributed by atoms with Gasteiger partial charge in [-0.2, -0.15) is 5.26 Å². The van der Waals surface area contributed by atoms with Gasteiger partial charge >= 0.3 is 6.03 Å². The fourth-order valence-electron chi connectivity index (χ4n) is 2.73. The summed E-state index contributed by atoms with van der Waals surface area (Å²) in [6, 6.07) is 5.61. The number of anilines is 1. The summed E-state index contributed by atoms with van der Waals surface area (Å²) in [6.45, 7) is 5.05. The molecule has 25 heavy (non-hydrogen) atoms. The van der Waals surface area contributed by atoms with Gasteiger partial charge in [0.2, 0.25) is 0 Å². The molecule has 1 aliphatic rings. The van der Waals surface area contributed by atoms with Crippen LogP contribution in [-0.4, -0.2) is 47.1 Å². The summed E-state index contributed by atoms with van der Waals surface area (Å²) in [5.41, 5.74) is 1.47. The monoisotopic (exact) mass is 356 g/mol. The summed E-state index contributed by atoms with van der Waals surface area (Å²) in [4.78, 5) is 24.9. The lowest BCUT2D eigenvalue weighted by molar-refractivity contribution is 0.193. The predicted molar refractivity (Wildman–Crippen MR) is 96.5 cm³/mol. The van der Waals surface area contributed by atoms with Crippen LogP contribution < -0.4 is 10.2 Å². The van der Waals surface area contributed by atoms with Crippen LogP contribution in [0.15, 0.2) is 23.7 Å². The Hall–Kier alpha value is -2.66. The number of amides is 2. The molecule has 7 nitrogen and oxygen atoms in total. The van der Waals surface area contributed by atoms with Gasteiger partial charge in [-0.15, -0.1) is 11.3 Å². The molecule has 0 unspecified atom stereocenters. The topological polar surface area (TPSA) is 85.2 Å². The molecule has 0 aliphatic carbocycles. The van der Waals surface area contributed by atoms with Crippen LogP contribution in [0.5, 0.6) is 0 Å². The fourth-order valence-corrected chi connectivity index (χ4v) is 3.47. The van der Waals surface area contributed by atoms with Crippen LogP contribution in [0.25, 0.3) is 0 Å². The van der Waals surface area contributed by atoms with Crippen molar-refractivity contribution in [2.75, 3.05) is 31.1 Å². The van der Waals surface area contributed by atoms with Crippen LogP contribution in [0.4, 0.5) is 10.6 Å². The average Bonchev–Trinajstić information content (AvgIpc) is 3.14. The zero-order chi connectivity index (χ0) is 17.6. The van der Waals surface area contributed by atoms with E-state index in [1.54, 1.807) is 34.6 Å². The molecule has 2 aromatic heterocycles. The van der Waals surface area contributed by atoms with Crippen molar-refractivity contribution in [1.82, 2.24) is 20.2 Å². The molecule has 1 saturated heterocycles. The molecule has 2 amide bonds. The summed E-state index contributed by atoms with van der Waals surface area (Å²) < 4.78 is 0. The first kappa shape index (κ1) is 17.2. The van der Waals surface area contributed by atoms with Crippen LogP contribution >= 0.6 is 11.3 Å². The van der Waals surface area contributed by atoms with Crippen LogP contribution in [0.1, 0.15) is 23.2 Å². The number of urea groups is 1. The molecule has 0 spiro atoms. The molecule has 0 aromatic carbocycles. The molecule has 1 aliphatic heterocycles. The summed E-state index contributed by atoms with van der Waals surface area (Å²) in [6.07, 6.45) is 2.60. The Morgan fingerprint density at radius 1 is 1.40 bits per heavy atom. The smallest absolute Gasteiger partial charge is 0.317 e. The standard InChI is InChI=1S/C17H20N6OS/c1-2-15-21-14(12-25-15)11-20-17(24)23-8-6-22(7-9-23)16-13(10-18)4-3-5-19-16/h3-5,12H,2,6-9,11H2,1H3,(H,20,24). The molecule has 8 heteroatoms. The van der Waals surface area contributed by atoms with E-state index in [1.165, 1.54) is 0 Å². The lowest BCUT2D eigenvalue weighted by Crippen LogP contribution is -2.52. The van der Waals surface area contributed by atoms with Gasteiger partial charge in [-0.1, -0.05) is 6.92 Å². The number of hydrogen-bond acceptors (Lipinski definition) is 6. The number of hydrogen-bond donors (Lipinski definition) is 1. The van der Waals surface area contributed by atoms with E-state index in [-0.39, 0.29) is 6.03 Å². The van der Waals surface area contributed by atoms with Crippen molar-refractivity contribution in [2.24, 2.45) is 0 Å². The normalized spacial score (nSPS) is 14.2. The van der Waals surface area contributed by atoms with Gasteiger partial charge in [0.05, 0.1) is 22.8 Å². The third-order valence-electron chi connectivity index (χ3n) is 4.10. The lowest BCUT2D eigenvalue weighted by Gasteiger charge is -2.35. The van der Waals surface area contributed by atoms with Gasteiger partial charge in [-0.3, -0.25) is 0 Å². The van der Waals surface area contributed by atoms with E-state index < -0.39 is 0 Å². The first-order valence-corrected chi connectivity index (χ1v) is 9.15. The van der Waals surface area contributed by atoms with Crippen LogP contribution in [0.2, 0.25) is 0 Å². The number of nitrogens with one attached hydrogen (secondary N) is 1. The van der Waals surface area contributed by atoms with Crippen molar-refractivity contribution in [3.63, 3.8) is 0 Å². The van der Waals surface area contributed by atoms with Gasteiger partial charge in [0.1, 0.15) is 11.9 Å². The van der Waals surface area contributed by atoms with Crippen molar-refractivity contribution in [2.45, 2.75) is 19.9 Å². The van der Waals surface area contributed by atoms with Crippen molar-refractivity contribution in [3.8, 4) is 6.07 Å². The first-order chi connectivity index (χ1) is 12.2. The molecule has 0 radical (unpaired) electrons. The highest BCUT2D eigenvalue weighted by atomic mass is 32.1. The van der Waals surface area contributed by atoms with Gasteiger partial charge in [-0.25, -0.2) is 14.8 Å². The van der Waals surface area contributed by atoms with Gasteiger partial charge in [0.25, 0.3) is 0 Å². The highest BCUT2D eigenvalue weighted by Gasteiger charge is 2.23. The van der Waals surface area contributed by atoms with Crippen molar-refractivity contribution >= 4 is 23.2 Å². The van der Waals surface area contributed by atoms with Crippen LogP contribution in [0, 0.1) is 11.3 Å². The number of piperazine rings is 1. The minimum absolute atomic E-state index is 0.0766. The minimum Gasteiger partial charge on any atom is -0.352 e. The van der Waals surface area contributed by atoms with E-state index in [0.29, 0.717) is 44.1 Å². The Morgan fingerprint density at radius 3 is 2.88 bits per heavy atom. The van der Waals surface area contributed by atoms with E-state index in [9.17, 15) is 10.1 Å². The number of carbonyl (C=O) groups excluding carboxylic acids is 1. The number of aryl methyl sites for hydroxylation is 1. The first-order valence-electron chi connectivity index (χ1n) is 8.27. The minimum atomic E-state index is -0.0766. The zero-order valence-corrected chi connectivity index (χ0v) is 14.9. The largest absolute Gasteiger partial charge is 0.352 e. The van der Waals surface area contributed by atoms with Gasteiger partial charge < -0.3 is 15.1 Å². The molecule has 3 heterocycles. The Bertz CT molecular complexity index is 775. The number of pyridine rings is 1. The van der Waals surface area contributed by atoms with Crippen molar-refractivity contribution in [1.29, 1.82) is 5.26 Å². The molecular weight excluding hydrogens is 336 g/mol. The molecule has 0 bridgehead atoms. The molecular formula is C17H20N6OS. The van der Waals surface area contributed by atoms with Crippen molar-refractivity contribution in [3.05, 3.63) is 40.0 Å². The number of rotatable bonds is 4. The summed E-state index contributed by atoms with van der Waals surface area (Å²) in [7, 11) is 0. The van der Waals surface area contributed by atoms with Crippen LogP contribution in [0.3, 0.4) is 0 Å². The zero-order valence-electron chi connectivity index (χ0n) is 14.1. The lowest BCUT2D eigenvalue weighted by atomic mass is 10.2. The average molecular weight is 356 g/mol. The third-order valence-corrected chi connectivity index (χ3v) is 5.14. The number of carbonyl (C=O) groups is 1. The Kier molecular flexibility index (Phi) is 5.46. The predicted octanol–water partition coefficient (Wildman–Crippen LogP) is 2.00. The molecule has 1 fully saturated rings. The van der Waals surface area contributed by atoms with E-state index in [2.05, 4.69) is 33.2 Å². The Morgan fingerprint density at radius 2 is 2.20 bits per heavy atom. The quantitative estimate of drug-likeness (QED) is 0.906. The molecule has 2 aromatic rings. The maximum atomic E-state index is 12.3. The number of aromatic nitrogens is 2. The third kappa shape index (κ3) is 4.06. The van der Waals surface area contributed by atoms with E-state index in [0.717, 1.165) is 17.1 Å². The van der Waals surface area contributed by atoms with E-state index in [1.807, 2.05) is 5.38 Å². The fraction of sp³-hybridized carbons (Fsp3) is 0.412. The number of thiazole rings is 1. The summed E-state index contributed by atoms with van der Waals surface area (Å²) in [5, 5.41) is 15.2. The van der Waals surface area contributed by atoms with E-state index >= 15 is 0 Å². The SMILES string of the molecule is CCc1nc(CNC(=O)N2CCN(c3ncccc3C#N)CC2)cs1. The molecule has 0 atom stereocenters. The van der Waals surface area contributed by atoms with Crippen molar-refractivity contribution < 1.29 is 4.79 Å². The summed E-state index contributed by atoms with van der Waals surface area (Å²) >= 11 is 1.62. The van der Waals surface area contributed by atoms with Gasteiger partial charge in [0.15, 0.2) is 0 Å².